The molecule has 0 saturated carbocycles. The highest BCUT2D eigenvalue weighted by Crippen LogP contribution is 2.29. The minimum absolute atomic E-state index is 0.000680. The average molecular weight is 364 g/mol. The smallest absolute Gasteiger partial charge is 0.431 e. The number of rotatable bonds is 3. The van der Waals surface area contributed by atoms with E-state index in [2.05, 4.69) is 5.92 Å². The fraction of sp³-hybridized carbons (Fsp3) is 0.176. The lowest BCUT2D eigenvalue weighted by molar-refractivity contribution is -0.144. The molecule has 0 saturated heterocycles. The van der Waals surface area contributed by atoms with Crippen LogP contribution >= 0.6 is 0 Å². The van der Waals surface area contributed by atoms with Crippen molar-refractivity contribution >= 4 is 11.0 Å². The van der Waals surface area contributed by atoms with E-state index in [1.807, 2.05) is 0 Å². The van der Waals surface area contributed by atoms with Crippen LogP contribution in [0.3, 0.4) is 0 Å². The molecule has 0 radical (unpaired) electrons. The van der Waals surface area contributed by atoms with Gasteiger partial charge in [0.2, 0.25) is 0 Å². The van der Waals surface area contributed by atoms with Gasteiger partial charge in [-0.05, 0) is 18.2 Å². The molecule has 134 valence electrons. The van der Waals surface area contributed by atoms with Gasteiger partial charge in [-0.15, -0.1) is 6.42 Å². The monoisotopic (exact) mass is 364 g/mol. The standard InChI is InChI=1S/C17H11F3N2O4/c1-3-6-25-10-4-5-13-11(7-10)12(9-26-13)22-15(23)8-14(17(18,19)20)21(2)16(22)24/h1,4-5,7-9H,6H2,2H3. The molecule has 3 aromatic rings. The second-order valence-corrected chi connectivity index (χ2v) is 5.31. The number of benzene rings is 1. The Balaban J connectivity index is 2.25. The van der Waals surface area contributed by atoms with Crippen molar-refractivity contribution in [2.24, 2.45) is 7.05 Å². The molecular formula is C17H11F3N2O4. The van der Waals surface area contributed by atoms with Gasteiger partial charge in [-0.2, -0.15) is 13.2 Å². The van der Waals surface area contributed by atoms with Gasteiger partial charge in [0.25, 0.3) is 5.56 Å². The summed E-state index contributed by atoms with van der Waals surface area (Å²) < 4.78 is 50.4. The van der Waals surface area contributed by atoms with Crippen molar-refractivity contribution in [2.45, 2.75) is 6.18 Å². The molecular weight excluding hydrogens is 353 g/mol. The van der Waals surface area contributed by atoms with Crippen LogP contribution in [0.1, 0.15) is 5.69 Å². The molecule has 0 aliphatic heterocycles. The first-order valence-electron chi connectivity index (χ1n) is 7.22. The Bertz CT molecular complexity index is 1150. The zero-order valence-corrected chi connectivity index (χ0v) is 13.3. The molecule has 0 fully saturated rings. The summed E-state index contributed by atoms with van der Waals surface area (Å²) in [6.07, 6.45) is 1.40. The maximum Gasteiger partial charge on any atom is 0.431 e. The SMILES string of the molecule is C#CCOc1ccc2occ(-n3c(=O)cc(C(F)(F)F)n(C)c3=O)c2c1. The second kappa shape index (κ2) is 6.15. The Morgan fingerprint density at radius 3 is 2.65 bits per heavy atom. The van der Waals surface area contributed by atoms with Crippen LogP contribution < -0.4 is 16.0 Å². The molecule has 6 nitrogen and oxygen atoms in total. The minimum Gasteiger partial charge on any atom is -0.481 e. The van der Waals surface area contributed by atoms with E-state index in [1.165, 1.54) is 12.1 Å². The molecule has 0 spiro atoms. The minimum atomic E-state index is -4.83. The largest absolute Gasteiger partial charge is 0.481 e. The highest BCUT2D eigenvalue weighted by Gasteiger charge is 2.35. The van der Waals surface area contributed by atoms with E-state index in [-0.39, 0.29) is 12.3 Å². The summed E-state index contributed by atoms with van der Waals surface area (Å²) in [5.41, 5.74) is -3.29. The van der Waals surface area contributed by atoms with E-state index in [1.54, 1.807) is 6.07 Å². The van der Waals surface area contributed by atoms with Crippen molar-refractivity contribution in [3.05, 3.63) is 57.1 Å². The fourth-order valence-electron chi connectivity index (χ4n) is 2.50. The van der Waals surface area contributed by atoms with Crippen LogP contribution in [0.25, 0.3) is 16.7 Å². The van der Waals surface area contributed by atoms with E-state index in [0.717, 1.165) is 13.3 Å². The van der Waals surface area contributed by atoms with Crippen LogP contribution in [0.2, 0.25) is 0 Å². The summed E-state index contributed by atoms with van der Waals surface area (Å²) in [5, 5.41) is 0.318. The van der Waals surface area contributed by atoms with Crippen LogP contribution in [0.4, 0.5) is 13.2 Å². The number of aromatic nitrogens is 2. The van der Waals surface area contributed by atoms with Crippen LogP contribution in [0, 0.1) is 12.3 Å². The van der Waals surface area contributed by atoms with Crippen molar-refractivity contribution in [3.8, 4) is 23.8 Å². The van der Waals surface area contributed by atoms with Gasteiger partial charge in [0, 0.05) is 18.5 Å². The first-order valence-corrected chi connectivity index (χ1v) is 7.22. The third-order valence-corrected chi connectivity index (χ3v) is 3.70. The number of hydrogen-bond acceptors (Lipinski definition) is 4. The highest BCUT2D eigenvalue weighted by molar-refractivity contribution is 5.87. The normalized spacial score (nSPS) is 11.5. The lowest BCUT2D eigenvalue weighted by Crippen LogP contribution is -2.40. The molecule has 0 bridgehead atoms. The van der Waals surface area contributed by atoms with E-state index in [4.69, 9.17) is 15.6 Å². The molecule has 3 rings (SSSR count). The third kappa shape index (κ3) is 2.86. The number of halogens is 3. The Hall–Kier alpha value is -3.41. The summed E-state index contributed by atoms with van der Waals surface area (Å²) in [6, 6.07) is 4.94. The molecule has 2 aromatic heterocycles. The Labute approximate surface area is 144 Å². The van der Waals surface area contributed by atoms with Gasteiger partial charge in [-0.25, -0.2) is 9.36 Å². The predicted octanol–water partition coefficient (Wildman–Crippen LogP) is 2.31. The van der Waals surface area contributed by atoms with E-state index in [0.29, 0.717) is 31.9 Å². The number of nitrogens with zero attached hydrogens (tertiary/aromatic N) is 2. The summed E-state index contributed by atoms with van der Waals surface area (Å²) in [5.74, 6) is 2.65. The number of fused-ring (bicyclic) bond motifs is 1. The van der Waals surface area contributed by atoms with Crippen LogP contribution in [-0.2, 0) is 13.2 Å². The van der Waals surface area contributed by atoms with Gasteiger partial charge >= 0.3 is 11.9 Å². The molecule has 0 aliphatic carbocycles. The molecule has 0 atom stereocenters. The molecule has 9 heteroatoms. The van der Waals surface area contributed by atoms with Crippen molar-refractivity contribution in [1.29, 1.82) is 0 Å². The molecule has 0 aliphatic rings. The van der Waals surface area contributed by atoms with E-state index < -0.39 is 23.1 Å². The Kier molecular flexibility index (Phi) is 4.12. The van der Waals surface area contributed by atoms with Crippen molar-refractivity contribution in [2.75, 3.05) is 6.61 Å². The third-order valence-electron chi connectivity index (χ3n) is 3.70. The van der Waals surface area contributed by atoms with Crippen LogP contribution in [0.5, 0.6) is 5.75 Å². The van der Waals surface area contributed by atoms with Crippen LogP contribution in [0.15, 0.2) is 44.5 Å². The Morgan fingerprint density at radius 2 is 2.00 bits per heavy atom. The van der Waals surface area contributed by atoms with Gasteiger partial charge < -0.3 is 9.15 Å². The lowest BCUT2D eigenvalue weighted by Gasteiger charge is -2.13. The number of terminal acetylenes is 1. The van der Waals surface area contributed by atoms with Crippen LogP contribution in [-0.4, -0.2) is 15.7 Å². The summed E-state index contributed by atoms with van der Waals surface area (Å²) >= 11 is 0. The first kappa shape index (κ1) is 17.4. The number of ether oxygens (including phenoxy) is 1. The summed E-state index contributed by atoms with van der Waals surface area (Å²) in [7, 11) is 0.935. The predicted molar refractivity (Wildman–Crippen MR) is 86.4 cm³/mol. The quantitative estimate of drug-likeness (QED) is 0.669. The zero-order valence-electron chi connectivity index (χ0n) is 13.3. The van der Waals surface area contributed by atoms with Gasteiger partial charge in [0.05, 0.1) is 0 Å². The zero-order chi connectivity index (χ0) is 19.1. The number of furan rings is 1. The molecule has 2 heterocycles. The molecule has 0 amide bonds. The molecule has 1 aromatic carbocycles. The van der Waals surface area contributed by atoms with Crippen molar-refractivity contribution in [1.82, 2.24) is 9.13 Å². The molecule has 0 N–H and O–H groups in total. The first-order chi connectivity index (χ1) is 12.2. The summed E-state index contributed by atoms with van der Waals surface area (Å²) in [4.78, 5) is 24.6. The van der Waals surface area contributed by atoms with E-state index in [9.17, 15) is 22.8 Å². The lowest BCUT2D eigenvalue weighted by atomic mass is 10.2. The fourth-order valence-corrected chi connectivity index (χ4v) is 2.50. The second-order valence-electron chi connectivity index (χ2n) is 5.31. The average Bonchev–Trinajstić information content (AvgIpc) is 2.98. The summed E-state index contributed by atoms with van der Waals surface area (Å²) in [6.45, 7) is 0.000680. The van der Waals surface area contributed by atoms with Crippen molar-refractivity contribution in [3.63, 3.8) is 0 Å². The molecule has 0 unspecified atom stereocenters. The molecule has 26 heavy (non-hydrogen) atoms. The highest BCUT2D eigenvalue weighted by atomic mass is 19.4. The van der Waals surface area contributed by atoms with Gasteiger partial charge in [0.15, 0.2) is 0 Å². The van der Waals surface area contributed by atoms with Gasteiger partial charge in [-0.3, -0.25) is 9.36 Å². The Morgan fingerprint density at radius 1 is 1.27 bits per heavy atom. The maximum absolute atomic E-state index is 12.9. The van der Waals surface area contributed by atoms with Gasteiger partial charge in [-0.1, -0.05) is 5.92 Å². The topological polar surface area (TPSA) is 66.4 Å². The maximum atomic E-state index is 12.9. The number of hydrogen-bond donors (Lipinski definition) is 0. The number of alkyl halides is 3. The van der Waals surface area contributed by atoms with Gasteiger partial charge in [0.1, 0.15) is 35.6 Å². The van der Waals surface area contributed by atoms with E-state index >= 15 is 0 Å². The van der Waals surface area contributed by atoms with Crippen molar-refractivity contribution < 1.29 is 22.3 Å².